The molecule has 0 N–H and O–H groups in total. The fraction of sp³-hybridized carbons (Fsp3) is 0.400. The first-order valence-electron chi connectivity index (χ1n) is 6.59. The van der Waals surface area contributed by atoms with Crippen LogP contribution in [-0.2, 0) is 19.6 Å². The van der Waals surface area contributed by atoms with Crippen LogP contribution >= 0.6 is 0 Å². The third-order valence-electron chi connectivity index (χ3n) is 3.94. The SMILES string of the molecule is CCc1c(C)c(C(F)(F)F)c2c(F)c(F)c(F)c(C)c2[n+]1C. The standard InChI is InChI=1S/C15H14F6N/c1-5-8-6(2)10(15(19,20)21)9-12(17)13(18)11(16)7(3)14(9)22(8)4/h5H2,1-4H3/q+1. The van der Waals surface area contributed by atoms with E-state index in [0.29, 0.717) is 0 Å². The molecule has 0 aliphatic rings. The molecule has 0 aliphatic carbocycles. The molecule has 2 rings (SSSR count). The summed E-state index contributed by atoms with van der Waals surface area (Å²) in [5, 5.41) is -0.930. The summed E-state index contributed by atoms with van der Waals surface area (Å²) in [7, 11) is 1.41. The molecule has 0 atom stereocenters. The highest BCUT2D eigenvalue weighted by molar-refractivity contribution is 5.85. The molecule has 0 spiro atoms. The summed E-state index contributed by atoms with van der Waals surface area (Å²) >= 11 is 0. The number of benzene rings is 1. The van der Waals surface area contributed by atoms with Crippen LogP contribution in [-0.4, -0.2) is 0 Å². The maximum atomic E-state index is 14.1. The Hall–Kier alpha value is -1.79. The number of nitrogens with zero attached hydrogens (tertiary/aromatic N) is 1. The van der Waals surface area contributed by atoms with Gasteiger partial charge in [0, 0.05) is 12.0 Å². The highest BCUT2D eigenvalue weighted by Gasteiger charge is 2.41. The maximum Gasteiger partial charge on any atom is 0.417 e. The van der Waals surface area contributed by atoms with Crippen LogP contribution in [0.4, 0.5) is 26.3 Å². The zero-order valence-corrected chi connectivity index (χ0v) is 12.4. The van der Waals surface area contributed by atoms with E-state index in [0.717, 1.165) is 6.92 Å². The summed E-state index contributed by atoms with van der Waals surface area (Å²) in [4.78, 5) is 0. The maximum absolute atomic E-state index is 14.1. The van der Waals surface area contributed by atoms with Crippen LogP contribution in [0.3, 0.4) is 0 Å². The van der Waals surface area contributed by atoms with Gasteiger partial charge in [-0.1, -0.05) is 6.92 Å². The van der Waals surface area contributed by atoms with E-state index >= 15 is 0 Å². The Morgan fingerprint density at radius 3 is 1.91 bits per heavy atom. The largest absolute Gasteiger partial charge is 0.417 e. The molecule has 0 fully saturated rings. The summed E-state index contributed by atoms with van der Waals surface area (Å²) < 4.78 is 82.9. The van der Waals surface area contributed by atoms with Crippen molar-refractivity contribution in [1.82, 2.24) is 0 Å². The number of pyridine rings is 1. The summed E-state index contributed by atoms with van der Waals surface area (Å²) in [6.45, 7) is 3.98. The molecule has 0 unspecified atom stereocenters. The number of halogens is 6. The molecule has 1 aromatic heterocycles. The molecular weight excluding hydrogens is 308 g/mol. The van der Waals surface area contributed by atoms with Crippen LogP contribution in [0.1, 0.15) is 29.3 Å². The van der Waals surface area contributed by atoms with Crippen LogP contribution in [0, 0.1) is 31.3 Å². The third kappa shape index (κ3) is 2.14. The highest BCUT2D eigenvalue weighted by Crippen LogP contribution is 2.40. The van der Waals surface area contributed by atoms with Crippen LogP contribution in [0.2, 0.25) is 0 Å². The molecule has 0 saturated carbocycles. The Morgan fingerprint density at radius 1 is 0.909 bits per heavy atom. The lowest BCUT2D eigenvalue weighted by molar-refractivity contribution is -0.653. The first-order valence-corrected chi connectivity index (χ1v) is 6.59. The molecule has 22 heavy (non-hydrogen) atoms. The third-order valence-corrected chi connectivity index (χ3v) is 3.94. The van der Waals surface area contributed by atoms with Gasteiger partial charge in [0.15, 0.2) is 23.1 Å². The van der Waals surface area contributed by atoms with Crippen molar-refractivity contribution in [1.29, 1.82) is 0 Å². The number of fused-ring (bicyclic) bond motifs is 1. The Kier molecular flexibility index (Phi) is 3.87. The smallest absolute Gasteiger partial charge is 0.203 e. The van der Waals surface area contributed by atoms with E-state index in [1.807, 2.05) is 0 Å². The van der Waals surface area contributed by atoms with Crippen molar-refractivity contribution >= 4 is 10.9 Å². The van der Waals surface area contributed by atoms with Crippen molar-refractivity contribution in [2.75, 3.05) is 0 Å². The summed E-state index contributed by atoms with van der Waals surface area (Å²) in [6.07, 6.45) is -4.64. The fourth-order valence-corrected chi connectivity index (χ4v) is 2.99. The van der Waals surface area contributed by atoms with Crippen LogP contribution in [0.25, 0.3) is 10.9 Å². The quantitative estimate of drug-likeness (QED) is 0.419. The molecular formula is C15H14F6N+. The summed E-state index contributed by atoms with van der Waals surface area (Å²) in [5.74, 6) is -5.18. The number of hydrogen-bond donors (Lipinski definition) is 0. The zero-order valence-electron chi connectivity index (χ0n) is 12.4. The Balaban J connectivity index is 3.26. The van der Waals surface area contributed by atoms with Gasteiger partial charge in [-0.15, -0.1) is 0 Å². The molecule has 120 valence electrons. The van der Waals surface area contributed by atoms with E-state index in [4.69, 9.17) is 0 Å². The number of hydrogen-bond acceptors (Lipinski definition) is 0. The molecule has 0 saturated heterocycles. The predicted molar refractivity (Wildman–Crippen MR) is 68.9 cm³/mol. The lowest BCUT2D eigenvalue weighted by Crippen LogP contribution is -2.38. The first-order chi connectivity index (χ1) is 10.0. The van der Waals surface area contributed by atoms with Gasteiger partial charge in [0.05, 0.1) is 16.5 Å². The van der Waals surface area contributed by atoms with Crippen molar-refractivity contribution in [2.45, 2.75) is 33.4 Å². The minimum atomic E-state index is -4.88. The predicted octanol–water partition coefficient (Wildman–Crippen LogP) is 4.28. The lowest BCUT2D eigenvalue weighted by Gasteiger charge is -2.17. The molecule has 1 aromatic carbocycles. The second kappa shape index (κ2) is 5.14. The van der Waals surface area contributed by atoms with E-state index in [2.05, 4.69) is 0 Å². The van der Waals surface area contributed by atoms with Crippen LogP contribution in [0.15, 0.2) is 0 Å². The molecule has 0 aliphatic heterocycles. The Bertz CT molecular complexity index is 777. The van der Waals surface area contributed by atoms with Gasteiger partial charge in [0.25, 0.3) is 0 Å². The molecule has 0 amide bonds. The fourth-order valence-electron chi connectivity index (χ4n) is 2.99. The van der Waals surface area contributed by atoms with Gasteiger partial charge >= 0.3 is 6.18 Å². The van der Waals surface area contributed by atoms with E-state index in [-0.39, 0.29) is 28.8 Å². The average molecular weight is 322 g/mol. The number of aryl methyl sites for hydroxylation is 2. The number of aromatic nitrogens is 1. The topological polar surface area (TPSA) is 3.88 Å². The normalized spacial score (nSPS) is 12.3. The van der Waals surface area contributed by atoms with Crippen molar-refractivity contribution in [3.05, 3.63) is 39.8 Å². The van der Waals surface area contributed by atoms with Crippen molar-refractivity contribution < 1.29 is 30.9 Å². The van der Waals surface area contributed by atoms with Gasteiger partial charge in [0.1, 0.15) is 7.05 Å². The van der Waals surface area contributed by atoms with Gasteiger partial charge in [-0.05, 0) is 13.8 Å². The van der Waals surface area contributed by atoms with Gasteiger partial charge in [0.2, 0.25) is 5.52 Å². The monoisotopic (exact) mass is 322 g/mol. The van der Waals surface area contributed by atoms with Crippen LogP contribution < -0.4 is 4.57 Å². The van der Waals surface area contributed by atoms with Crippen LogP contribution in [0.5, 0.6) is 0 Å². The van der Waals surface area contributed by atoms with Gasteiger partial charge < -0.3 is 0 Å². The van der Waals surface area contributed by atoms with Gasteiger partial charge in [-0.2, -0.15) is 17.7 Å². The molecule has 7 heteroatoms. The second-order valence-electron chi connectivity index (χ2n) is 5.15. The summed E-state index contributed by atoms with van der Waals surface area (Å²) in [5.41, 5.74) is -1.79. The van der Waals surface area contributed by atoms with E-state index in [1.54, 1.807) is 6.92 Å². The minimum absolute atomic E-state index is 0.186. The number of alkyl halides is 3. The van der Waals surface area contributed by atoms with Crippen molar-refractivity contribution in [3.63, 3.8) is 0 Å². The molecule has 1 nitrogen and oxygen atoms in total. The van der Waals surface area contributed by atoms with E-state index in [1.165, 1.54) is 18.5 Å². The Morgan fingerprint density at radius 2 is 1.45 bits per heavy atom. The average Bonchev–Trinajstić information content (AvgIpc) is 2.41. The highest BCUT2D eigenvalue weighted by atomic mass is 19.4. The molecule has 0 bridgehead atoms. The van der Waals surface area contributed by atoms with E-state index < -0.39 is 34.6 Å². The first kappa shape index (κ1) is 16.6. The van der Waals surface area contributed by atoms with Gasteiger partial charge in [-0.3, -0.25) is 0 Å². The molecule has 0 radical (unpaired) electrons. The van der Waals surface area contributed by atoms with E-state index in [9.17, 15) is 26.3 Å². The lowest BCUT2D eigenvalue weighted by atomic mass is 9.96. The molecule has 2 aromatic rings. The minimum Gasteiger partial charge on any atom is -0.203 e. The summed E-state index contributed by atoms with van der Waals surface area (Å²) in [6, 6.07) is 0. The molecule has 1 heterocycles. The number of rotatable bonds is 1. The Labute approximate surface area is 123 Å². The second-order valence-corrected chi connectivity index (χ2v) is 5.15. The van der Waals surface area contributed by atoms with Crippen molar-refractivity contribution in [2.24, 2.45) is 7.05 Å². The zero-order chi connectivity index (χ0) is 17.0. The van der Waals surface area contributed by atoms with Gasteiger partial charge in [-0.25, -0.2) is 13.2 Å². The van der Waals surface area contributed by atoms with Crippen molar-refractivity contribution in [3.8, 4) is 0 Å².